The third-order valence-electron chi connectivity index (χ3n) is 3.19. The van der Waals surface area contributed by atoms with E-state index < -0.39 is 0 Å². The van der Waals surface area contributed by atoms with E-state index in [4.69, 9.17) is 4.74 Å². The van der Waals surface area contributed by atoms with Crippen LogP contribution in [0, 0.1) is 0 Å². The van der Waals surface area contributed by atoms with Gasteiger partial charge in [0.1, 0.15) is 12.1 Å². The molecule has 1 aliphatic rings. The summed E-state index contributed by atoms with van der Waals surface area (Å²) >= 11 is 0. The Labute approximate surface area is 112 Å². The zero-order valence-corrected chi connectivity index (χ0v) is 11.0. The van der Waals surface area contributed by atoms with Crippen molar-refractivity contribution in [3.05, 3.63) is 42.0 Å². The van der Waals surface area contributed by atoms with Crippen LogP contribution in [0.3, 0.4) is 0 Å². The molecule has 1 aromatic carbocycles. The fourth-order valence-corrected chi connectivity index (χ4v) is 1.97. The van der Waals surface area contributed by atoms with Gasteiger partial charge in [-0.3, -0.25) is 0 Å². The molecule has 1 heterocycles. The van der Waals surface area contributed by atoms with Crippen molar-refractivity contribution in [3.8, 4) is 5.75 Å². The van der Waals surface area contributed by atoms with Crippen LogP contribution in [0.25, 0.3) is 0 Å². The Hall–Kier alpha value is -1.88. The lowest BCUT2D eigenvalue weighted by Crippen LogP contribution is -2.16. The van der Waals surface area contributed by atoms with Crippen LogP contribution in [-0.4, -0.2) is 27.9 Å². The highest BCUT2D eigenvalue weighted by Gasteiger charge is 2.20. The molecule has 100 valence electrons. The van der Waals surface area contributed by atoms with E-state index in [0.29, 0.717) is 12.6 Å². The minimum atomic E-state index is 0.685. The molecule has 0 aliphatic heterocycles. The smallest absolute Gasteiger partial charge is 0.164 e. The lowest BCUT2D eigenvalue weighted by Gasteiger charge is -2.04. The summed E-state index contributed by atoms with van der Waals surface area (Å²) in [6, 6.07) is 8.69. The van der Waals surface area contributed by atoms with Crippen molar-refractivity contribution in [1.82, 2.24) is 20.1 Å². The summed E-state index contributed by atoms with van der Waals surface area (Å²) in [5.74, 6) is 1.73. The minimum Gasteiger partial charge on any atom is -0.497 e. The highest BCUT2D eigenvalue weighted by atomic mass is 16.5. The number of aromatic nitrogens is 3. The summed E-state index contributed by atoms with van der Waals surface area (Å²) in [5, 5.41) is 7.87. The lowest BCUT2D eigenvalue weighted by molar-refractivity contribution is 0.414. The molecule has 1 N–H and O–H groups in total. The second-order valence-corrected chi connectivity index (χ2v) is 4.87. The molecular weight excluding hydrogens is 240 g/mol. The van der Waals surface area contributed by atoms with Gasteiger partial charge in [-0.05, 0) is 30.5 Å². The van der Waals surface area contributed by atoms with Crippen LogP contribution in [0.4, 0.5) is 0 Å². The Morgan fingerprint density at radius 3 is 3.11 bits per heavy atom. The van der Waals surface area contributed by atoms with E-state index in [-0.39, 0.29) is 0 Å². The molecule has 1 aliphatic carbocycles. The van der Waals surface area contributed by atoms with Gasteiger partial charge in [0.05, 0.1) is 20.2 Å². The Kier molecular flexibility index (Phi) is 3.46. The van der Waals surface area contributed by atoms with Crippen molar-refractivity contribution in [2.24, 2.45) is 0 Å². The topological polar surface area (TPSA) is 52.0 Å². The van der Waals surface area contributed by atoms with E-state index in [9.17, 15) is 0 Å². The van der Waals surface area contributed by atoms with E-state index in [1.165, 1.54) is 12.8 Å². The standard InChI is InChI=1S/C14H18N4O/c1-19-13-4-2-3-11(7-13)9-18-10-16-14(17-18)8-15-12-5-6-12/h2-4,7,10,12,15H,5-6,8-9H2,1H3. The van der Waals surface area contributed by atoms with E-state index >= 15 is 0 Å². The van der Waals surface area contributed by atoms with Gasteiger partial charge in [0.15, 0.2) is 5.82 Å². The molecule has 2 aromatic rings. The van der Waals surface area contributed by atoms with Crippen molar-refractivity contribution >= 4 is 0 Å². The van der Waals surface area contributed by atoms with E-state index in [1.54, 1.807) is 13.4 Å². The number of hydrogen-bond acceptors (Lipinski definition) is 4. The molecule has 0 spiro atoms. The molecule has 1 saturated carbocycles. The monoisotopic (exact) mass is 258 g/mol. The number of rotatable bonds is 6. The van der Waals surface area contributed by atoms with Crippen LogP contribution in [0.1, 0.15) is 24.2 Å². The molecular formula is C14H18N4O. The molecule has 0 unspecified atom stereocenters. The number of benzene rings is 1. The third kappa shape index (κ3) is 3.32. The van der Waals surface area contributed by atoms with Gasteiger partial charge in [-0.2, -0.15) is 5.10 Å². The third-order valence-corrected chi connectivity index (χ3v) is 3.19. The van der Waals surface area contributed by atoms with Crippen molar-refractivity contribution in [2.75, 3.05) is 7.11 Å². The molecule has 5 nitrogen and oxygen atoms in total. The van der Waals surface area contributed by atoms with Crippen molar-refractivity contribution < 1.29 is 4.74 Å². The Bertz CT molecular complexity index is 548. The molecule has 1 fully saturated rings. The highest BCUT2D eigenvalue weighted by Crippen LogP contribution is 2.18. The van der Waals surface area contributed by atoms with E-state index in [0.717, 1.165) is 23.7 Å². The normalized spacial score (nSPS) is 14.6. The average molecular weight is 258 g/mol. The summed E-state index contributed by atoms with van der Waals surface area (Å²) in [5.41, 5.74) is 1.16. The molecule has 0 amide bonds. The first-order chi connectivity index (χ1) is 9.33. The van der Waals surface area contributed by atoms with Gasteiger partial charge in [0, 0.05) is 6.04 Å². The highest BCUT2D eigenvalue weighted by molar-refractivity contribution is 5.28. The number of hydrogen-bond donors (Lipinski definition) is 1. The average Bonchev–Trinajstić information content (AvgIpc) is 3.17. The van der Waals surface area contributed by atoms with Gasteiger partial charge < -0.3 is 10.1 Å². The summed E-state index contributed by atoms with van der Waals surface area (Å²) in [6.07, 6.45) is 4.35. The first-order valence-electron chi connectivity index (χ1n) is 6.58. The maximum absolute atomic E-state index is 5.21. The second kappa shape index (κ2) is 5.40. The van der Waals surface area contributed by atoms with Crippen LogP contribution in [0.15, 0.2) is 30.6 Å². The van der Waals surface area contributed by atoms with Crippen LogP contribution in [0.5, 0.6) is 5.75 Å². The number of methoxy groups -OCH3 is 1. The summed E-state index contributed by atoms with van der Waals surface area (Å²) in [7, 11) is 1.68. The minimum absolute atomic E-state index is 0.685. The van der Waals surface area contributed by atoms with Gasteiger partial charge in [-0.25, -0.2) is 9.67 Å². The van der Waals surface area contributed by atoms with Crippen LogP contribution < -0.4 is 10.1 Å². The summed E-state index contributed by atoms with van der Waals surface area (Å²) in [4.78, 5) is 4.31. The maximum atomic E-state index is 5.21. The molecule has 1 aromatic heterocycles. The first-order valence-corrected chi connectivity index (χ1v) is 6.58. The predicted molar refractivity (Wildman–Crippen MR) is 72.0 cm³/mol. The van der Waals surface area contributed by atoms with Crippen molar-refractivity contribution in [1.29, 1.82) is 0 Å². The molecule has 5 heteroatoms. The summed E-state index contributed by atoms with van der Waals surface area (Å²) in [6.45, 7) is 1.48. The zero-order chi connectivity index (χ0) is 13.1. The zero-order valence-electron chi connectivity index (χ0n) is 11.0. The van der Waals surface area contributed by atoms with E-state index in [2.05, 4.69) is 21.5 Å². The molecule has 0 bridgehead atoms. The Morgan fingerprint density at radius 1 is 1.42 bits per heavy atom. The van der Waals surface area contributed by atoms with Gasteiger partial charge in [-0.15, -0.1) is 0 Å². The number of ether oxygens (including phenoxy) is 1. The van der Waals surface area contributed by atoms with Gasteiger partial charge in [-0.1, -0.05) is 12.1 Å². The van der Waals surface area contributed by atoms with Crippen LogP contribution in [0.2, 0.25) is 0 Å². The molecule has 3 rings (SSSR count). The molecule has 0 atom stereocenters. The molecule has 0 radical (unpaired) electrons. The Balaban J connectivity index is 1.61. The SMILES string of the molecule is COc1cccc(Cn2cnc(CNC3CC3)n2)c1. The Morgan fingerprint density at radius 2 is 2.32 bits per heavy atom. The largest absolute Gasteiger partial charge is 0.497 e. The number of nitrogens with one attached hydrogen (secondary N) is 1. The fourth-order valence-electron chi connectivity index (χ4n) is 1.97. The first kappa shape index (κ1) is 12.2. The maximum Gasteiger partial charge on any atom is 0.164 e. The van der Waals surface area contributed by atoms with Gasteiger partial charge in [0.2, 0.25) is 0 Å². The summed E-state index contributed by atoms with van der Waals surface area (Å²) < 4.78 is 7.07. The quantitative estimate of drug-likeness (QED) is 0.855. The van der Waals surface area contributed by atoms with Gasteiger partial charge >= 0.3 is 0 Å². The van der Waals surface area contributed by atoms with Crippen LogP contribution >= 0.6 is 0 Å². The van der Waals surface area contributed by atoms with E-state index in [1.807, 2.05) is 22.9 Å². The predicted octanol–water partition coefficient (Wildman–Crippen LogP) is 1.59. The van der Waals surface area contributed by atoms with Crippen LogP contribution in [-0.2, 0) is 13.1 Å². The molecule has 0 saturated heterocycles. The number of nitrogens with zero attached hydrogens (tertiary/aromatic N) is 3. The second-order valence-electron chi connectivity index (χ2n) is 4.87. The lowest BCUT2D eigenvalue weighted by atomic mass is 10.2. The molecule has 19 heavy (non-hydrogen) atoms. The fraction of sp³-hybridized carbons (Fsp3) is 0.429. The van der Waals surface area contributed by atoms with Crippen molar-refractivity contribution in [2.45, 2.75) is 32.0 Å². The van der Waals surface area contributed by atoms with Gasteiger partial charge in [0.25, 0.3) is 0 Å². The van der Waals surface area contributed by atoms with Crippen molar-refractivity contribution in [3.63, 3.8) is 0 Å².